The first kappa shape index (κ1) is 17.9. The first-order chi connectivity index (χ1) is 12.7. The number of allylic oxidation sites excluding steroid dienone is 1. The molecule has 4 fully saturated rings. The van der Waals surface area contributed by atoms with Gasteiger partial charge < -0.3 is 9.47 Å². The Morgan fingerprint density at radius 2 is 1.93 bits per heavy atom. The SMILES string of the molecule is CC(=O)O[C@@H]1CC[C@@]2(C)C(=CC[C@@H]3[C@H]2CC[C@]2(C)[C@H]3C[C@@H]3O[C@@]32C(C)=O)C1. The summed E-state index contributed by atoms with van der Waals surface area (Å²) < 4.78 is 11.6. The fourth-order valence-corrected chi connectivity index (χ4v) is 8.03. The van der Waals surface area contributed by atoms with Gasteiger partial charge in [-0.2, -0.15) is 0 Å². The fourth-order valence-electron chi connectivity index (χ4n) is 8.03. The van der Waals surface area contributed by atoms with Crippen LogP contribution in [0.5, 0.6) is 0 Å². The van der Waals surface area contributed by atoms with Crippen molar-refractivity contribution in [2.45, 2.75) is 90.4 Å². The summed E-state index contributed by atoms with van der Waals surface area (Å²) in [5, 5.41) is 0. The maximum Gasteiger partial charge on any atom is 0.302 e. The maximum atomic E-state index is 12.5. The number of Topliss-reactive ketones (excluding diaryl/α,β-unsaturated/α-hetero) is 1. The Balaban J connectivity index is 1.43. The lowest BCUT2D eigenvalue weighted by atomic mass is 9.47. The molecule has 0 aromatic rings. The quantitative estimate of drug-likeness (QED) is 0.414. The van der Waals surface area contributed by atoms with Crippen molar-refractivity contribution in [3.05, 3.63) is 11.6 Å². The molecule has 4 nitrogen and oxygen atoms in total. The molecule has 0 radical (unpaired) electrons. The van der Waals surface area contributed by atoms with E-state index in [-0.39, 0.29) is 34.8 Å². The first-order valence-corrected chi connectivity index (χ1v) is 10.8. The average molecular weight is 373 g/mol. The highest BCUT2D eigenvalue weighted by Crippen LogP contribution is 2.73. The minimum absolute atomic E-state index is 0.0152. The van der Waals surface area contributed by atoms with E-state index < -0.39 is 5.60 Å². The van der Waals surface area contributed by atoms with Crippen molar-refractivity contribution in [1.29, 1.82) is 0 Å². The van der Waals surface area contributed by atoms with Crippen LogP contribution in [0.2, 0.25) is 0 Å². The molecule has 27 heavy (non-hydrogen) atoms. The third-order valence-electron chi connectivity index (χ3n) is 9.34. The molecule has 3 saturated carbocycles. The van der Waals surface area contributed by atoms with Crippen LogP contribution < -0.4 is 0 Å². The van der Waals surface area contributed by atoms with E-state index in [0.717, 1.165) is 38.5 Å². The van der Waals surface area contributed by atoms with Gasteiger partial charge in [0.05, 0.1) is 6.10 Å². The van der Waals surface area contributed by atoms with Gasteiger partial charge in [0.15, 0.2) is 11.4 Å². The zero-order valence-electron chi connectivity index (χ0n) is 17.0. The monoisotopic (exact) mass is 372 g/mol. The van der Waals surface area contributed by atoms with Crippen molar-refractivity contribution in [2.24, 2.45) is 28.6 Å². The molecule has 8 atom stereocenters. The van der Waals surface area contributed by atoms with Gasteiger partial charge in [-0.25, -0.2) is 0 Å². The highest BCUT2D eigenvalue weighted by Gasteiger charge is 2.79. The van der Waals surface area contributed by atoms with E-state index in [9.17, 15) is 9.59 Å². The molecule has 0 spiro atoms. The van der Waals surface area contributed by atoms with E-state index in [1.54, 1.807) is 6.92 Å². The standard InChI is InChI=1S/C23H32O4/c1-13(24)23-20(27-23)12-19-17-6-5-15-11-16(26-14(2)25)7-9-21(15,3)18(17)8-10-22(19,23)4/h5,16-20H,6-12H2,1-4H3/t16-,17-,18-,19+,20+,21+,22-,23+/m1/s1. The van der Waals surface area contributed by atoms with Crippen molar-refractivity contribution in [3.8, 4) is 0 Å². The van der Waals surface area contributed by atoms with E-state index in [4.69, 9.17) is 9.47 Å². The van der Waals surface area contributed by atoms with Crippen LogP contribution in [0.1, 0.15) is 72.6 Å². The molecular weight excluding hydrogens is 340 g/mol. The number of hydrogen-bond donors (Lipinski definition) is 0. The number of carbonyl (C=O) groups excluding carboxylic acids is 2. The van der Waals surface area contributed by atoms with Crippen molar-refractivity contribution in [3.63, 3.8) is 0 Å². The van der Waals surface area contributed by atoms with Crippen molar-refractivity contribution in [1.82, 2.24) is 0 Å². The molecule has 5 aliphatic rings. The Morgan fingerprint density at radius 3 is 2.63 bits per heavy atom. The predicted octanol–water partition coefficient (Wildman–Crippen LogP) is 4.22. The summed E-state index contributed by atoms with van der Waals surface area (Å²) in [6, 6.07) is 0. The van der Waals surface area contributed by atoms with Gasteiger partial charge in [0.2, 0.25) is 0 Å². The van der Waals surface area contributed by atoms with Crippen LogP contribution in [-0.2, 0) is 19.1 Å². The number of hydrogen-bond acceptors (Lipinski definition) is 4. The molecule has 0 aromatic heterocycles. The van der Waals surface area contributed by atoms with Crippen LogP contribution in [0, 0.1) is 28.6 Å². The normalized spacial score (nSPS) is 52.6. The summed E-state index contributed by atoms with van der Waals surface area (Å²) in [7, 11) is 0. The van der Waals surface area contributed by atoms with Crippen molar-refractivity contribution < 1.29 is 19.1 Å². The highest BCUT2D eigenvalue weighted by molar-refractivity contribution is 5.90. The van der Waals surface area contributed by atoms with Crippen LogP contribution in [0.4, 0.5) is 0 Å². The number of fused-ring (bicyclic) bond motifs is 7. The average Bonchev–Trinajstić information content (AvgIpc) is 3.27. The van der Waals surface area contributed by atoms with Gasteiger partial charge in [-0.15, -0.1) is 0 Å². The van der Waals surface area contributed by atoms with Crippen LogP contribution >= 0.6 is 0 Å². The van der Waals surface area contributed by atoms with Crippen LogP contribution in [0.15, 0.2) is 11.6 Å². The molecule has 1 heterocycles. The predicted molar refractivity (Wildman–Crippen MR) is 101 cm³/mol. The molecule has 0 unspecified atom stereocenters. The Hall–Kier alpha value is -1.16. The van der Waals surface area contributed by atoms with E-state index in [0.29, 0.717) is 17.8 Å². The Kier molecular flexibility index (Phi) is 3.62. The van der Waals surface area contributed by atoms with Gasteiger partial charge in [-0.05, 0) is 68.6 Å². The topological polar surface area (TPSA) is 55.9 Å². The zero-order chi connectivity index (χ0) is 19.2. The molecule has 4 heteroatoms. The second kappa shape index (κ2) is 5.46. The number of rotatable bonds is 2. The lowest BCUT2D eigenvalue weighted by molar-refractivity contribution is -0.149. The van der Waals surface area contributed by atoms with Gasteiger partial charge >= 0.3 is 5.97 Å². The molecular formula is C23H32O4. The molecule has 0 aromatic carbocycles. The number of carbonyl (C=O) groups is 2. The summed E-state index contributed by atoms with van der Waals surface area (Å²) in [6.07, 6.45) is 10.1. The largest absolute Gasteiger partial charge is 0.462 e. The maximum absolute atomic E-state index is 12.5. The van der Waals surface area contributed by atoms with Crippen LogP contribution in [-0.4, -0.2) is 29.6 Å². The second-order valence-electron chi connectivity index (χ2n) is 10.3. The minimum Gasteiger partial charge on any atom is -0.462 e. The van der Waals surface area contributed by atoms with Crippen molar-refractivity contribution in [2.75, 3.05) is 0 Å². The van der Waals surface area contributed by atoms with Gasteiger partial charge in [0, 0.05) is 18.8 Å². The fraction of sp³-hybridized carbons (Fsp3) is 0.826. The zero-order valence-corrected chi connectivity index (χ0v) is 17.0. The number of ketones is 1. The van der Waals surface area contributed by atoms with Gasteiger partial charge in [-0.1, -0.05) is 25.5 Å². The molecule has 0 N–H and O–H groups in total. The smallest absolute Gasteiger partial charge is 0.302 e. The van der Waals surface area contributed by atoms with E-state index >= 15 is 0 Å². The first-order valence-electron chi connectivity index (χ1n) is 10.8. The molecule has 0 amide bonds. The number of epoxide rings is 1. The number of ether oxygens (including phenoxy) is 2. The molecule has 5 rings (SSSR count). The molecule has 1 saturated heterocycles. The lowest BCUT2D eigenvalue weighted by Crippen LogP contribution is -2.54. The molecule has 1 aliphatic heterocycles. The Morgan fingerprint density at radius 1 is 1.15 bits per heavy atom. The Bertz CT molecular complexity index is 741. The highest BCUT2D eigenvalue weighted by atomic mass is 16.6. The summed E-state index contributed by atoms with van der Waals surface area (Å²) in [4.78, 5) is 23.8. The summed E-state index contributed by atoms with van der Waals surface area (Å²) in [5.41, 5.74) is 1.30. The minimum atomic E-state index is -0.472. The van der Waals surface area contributed by atoms with E-state index in [1.165, 1.54) is 18.9 Å². The molecule has 0 bridgehead atoms. The van der Waals surface area contributed by atoms with Crippen LogP contribution in [0.3, 0.4) is 0 Å². The van der Waals surface area contributed by atoms with E-state index in [1.807, 2.05) is 0 Å². The number of esters is 1. The molecule has 148 valence electrons. The summed E-state index contributed by atoms with van der Waals surface area (Å²) in [6.45, 7) is 8.03. The van der Waals surface area contributed by atoms with Gasteiger partial charge in [0.25, 0.3) is 0 Å². The Labute approximate surface area is 162 Å². The lowest BCUT2D eigenvalue weighted by Gasteiger charge is -2.58. The molecule has 4 aliphatic carbocycles. The third kappa shape index (κ3) is 2.14. The summed E-state index contributed by atoms with van der Waals surface area (Å²) in [5.74, 6) is 2.03. The summed E-state index contributed by atoms with van der Waals surface area (Å²) >= 11 is 0. The van der Waals surface area contributed by atoms with E-state index in [2.05, 4.69) is 19.9 Å². The van der Waals surface area contributed by atoms with Gasteiger partial charge in [0.1, 0.15) is 6.10 Å². The second-order valence-corrected chi connectivity index (χ2v) is 10.3. The van der Waals surface area contributed by atoms with Crippen LogP contribution in [0.25, 0.3) is 0 Å². The van der Waals surface area contributed by atoms with Crippen molar-refractivity contribution >= 4 is 11.8 Å². The van der Waals surface area contributed by atoms with Gasteiger partial charge in [-0.3, -0.25) is 9.59 Å². The third-order valence-corrected chi connectivity index (χ3v) is 9.34.